The van der Waals surface area contributed by atoms with Crippen molar-refractivity contribution in [1.82, 2.24) is 4.90 Å². The predicted molar refractivity (Wildman–Crippen MR) is 111 cm³/mol. The molecule has 0 saturated heterocycles. The lowest BCUT2D eigenvalue weighted by Crippen LogP contribution is -2.39. The van der Waals surface area contributed by atoms with Crippen molar-refractivity contribution in [2.24, 2.45) is 0 Å². The number of amides is 2. The van der Waals surface area contributed by atoms with E-state index in [1.54, 1.807) is 42.7 Å². The standard InChI is InChI=1S/C23H17NO5S/c25-21-16-6-1-2-7-17(16)22(26)24(21)12-11-23(27,19-9-4-14-30-19)29-18-8-3-5-15-10-13-28-20(15)18/h1-10,13-14,27H,11-12H2. The molecule has 1 aliphatic heterocycles. The molecule has 0 radical (unpaired) electrons. The van der Waals surface area contributed by atoms with Gasteiger partial charge in [-0.3, -0.25) is 14.5 Å². The summed E-state index contributed by atoms with van der Waals surface area (Å²) in [6.07, 6.45) is 1.57. The first-order chi connectivity index (χ1) is 14.6. The maximum Gasteiger partial charge on any atom is 0.261 e. The van der Waals surface area contributed by atoms with Gasteiger partial charge in [-0.2, -0.15) is 0 Å². The Morgan fingerprint density at radius 1 is 0.967 bits per heavy atom. The van der Waals surface area contributed by atoms with Gasteiger partial charge >= 0.3 is 0 Å². The quantitative estimate of drug-likeness (QED) is 0.370. The second kappa shape index (κ2) is 7.12. The van der Waals surface area contributed by atoms with E-state index in [2.05, 4.69) is 0 Å². The van der Waals surface area contributed by atoms with Gasteiger partial charge in [0.2, 0.25) is 5.79 Å². The fourth-order valence-electron chi connectivity index (χ4n) is 3.66. The van der Waals surface area contributed by atoms with E-state index in [0.717, 1.165) is 10.3 Å². The monoisotopic (exact) mass is 419 g/mol. The van der Waals surface area contributed by atoms with E-state index in [0.29, 0.717) is 27.3 Å². The molecule has 1 N–H and O–H groups in total. The van der Waals surface area contributed by atoms with E-state index >= 15 is 0 Å². The third-order valence-electron chi connectivity index (χ3n) is 5.18. The Hall–Kier alpha value is -3.42. The van der Waals surface area contributed by atoms with Crippen molar-refractivity contribution in [3.8, 4) is 5.75 Å². The fraction of sp³-hybridized carbons (Fsp3) is 0.130. The van der Waals surface area contributed by atoms with Gasteiger partial charge in [-0.25, -0.2) is 0 Å². The Balaban J connectivity index is 1.44. The van der Waals surface area contributed by atoms with Gasteiger partial charge in [-0.05, 0) is 35.7 Å². The summed E-state index contributed by atoms with van der Waals surface area (Å²) in [6, 6.07) is 17.5. The maximum absolute atomic E-state index is 12.7. The Labute approximate surface area is 175 Å². The molecule has 4 aromatic rings. The predicted octanol–water partition coefficient (Wildman–Crippen LogP) is 4.40. The number of carbonyl (C=O) groups excluding carboxylic acids is 2. The van der Waals surface area contributed by atoms with Crippen molar-refractivity contribution >= 4 is 34.1 Å². The van der Waals surface area contributed by atoms with Crippen LogP contribution in [0.2, 0.25) is 0 Å². The van der Waals surface area contributed by atoms with Gasteiger partial charge in [0.05, 0.1) is 22.3 Å². The van der Waals surface area contributed by atoms with Gasteiger partial charge in [0, 0.05) is 18.4 Å². The van der Waals surface area contributed by atoms with Crippen molar-refractivity contribution in [3.63, 3.8) is 0 Å². The molecule has 2 amide bonds. The smallest absolute Gasteiger partial charge is 0.261 e. The van der Waals surface area contributed by atoms with Crippen molar-refractivity contribution in [1.29, 1.82) is 0 Å². The van der Waals surface area contributed by atoms with E-state index in [9.17, 15) is 14.7 Å². The van der Waals surface area contributed by atoms with Crippen LogP contribution in [0.15, 0.2) is 76.7 Å². The second-order valence-corrected chi connectivity index (χ2v) is 7.96. The van der Waals surface area contributed by atoms with Crippen molar-refractivity contribution in [2.75, 3.05) is 6.54 Å². The van der Waals surface area contributed by atoms with E-state index in [1.807, 2.05) is 29.6 Å². The van der Waals surface area contributed by atoms with Crippen LogP contribution in [0.1, 0.15) is 32.0 Å². The van der Waals surface area contributed by atoms with Crippen LogP contribution in [-0.4, -0.2) is 28.4 Å². The third-order valence-corrected chi connectivity index (χ3v) is 6.18. The number of ether oxygens (including phenoxy) is 1. The molecule has 1 unspecified atom stereocenters. The topological polar surface area (TPSA) is 80.0 Å². The van der Waals surface area contributed by atoms with Crippen LogP contribution in [0.25, 0.3) is 11.0 Å². The summed E-state index contributed by atoms with van der Waals surface area (Å²) in [5.41, 5.74) is 1.28. The molecule has 1 atom stereocenters. The lowest BCUT2D eigenvalue weighted by molar-refractivity contribution is -0.149. The van der Waals surface area contributed by atoms with E-state index < -0.39 is 5.79 Å². The summed E-state index contributed by atoms with van der Waals surface area (Å²) in [6.45, 7) is 0.00881. The molecular weight excluding hydrogens is 402 g/mol. The highest BCUT2D eigenvalue weighted by atomic mass is 32.1. The number of thiophene rings is 1. The zero-order valence-electron chi connectivity index (χ0n) is 15.8. The number of nitrogens with zero attached hydrogens (tertiary/aromatic N) is 1. The summed E-state index contributed by atoms with van der Waals surface area (Å²) in [7, 11) is 0. The van der Waals surface area contributed by atoms with Crippen LogP contribution in [0.3, 0.4) is 0 Å². The highest BCUT2D eigenvalue weighted by Gasteiger charge is 2.40. The number of aliphatic hydroxyl groups is 1. The molecule has 0 fully saturated rings. The summed E-state index contributed by atoms with van der Waals surface area (Å²) >= 11 is 1.33. The van der Waals surface area contributed by atoms with E-state index in [-0.39, 0.29) is 24.8 Å². The molecule has 1 aliphatic rings. The molecular formula is C23H17NO5S. The number of rotatable bonds is 6. The zero-order chi connectivity index (χ0) is 20.7. The summed E-state index contributed by atoms with van der Waals surface area (Å²) in [4.78, 5) is 27.1. The zero-order valence-corrected chi connectivity index (χ0v) is 16.6. The van der Waals surface area contributed by atoms with Gasteiger partial charge < -0.3 is 14.3 Å². The average Bonchev–Trinajstić information content (AvgIpc) is 3.49. The number of fused-ring (bicyclic) bond motifs is 2. The number of para-hydroxylation sites is 1. The van der Waals surface area contributed by atoms with Gasteiger partial charge in [0.1, 0.15) is 0 Å². The Bertz CT molecular complexity index is 1210. The first-order valence-corrected chi connectivity index (χ1v) is 10.3. The number of imide groups is 1. The highest BCUT2D eigenvalue weighted by Crippen LogP contribution is 2.36. The fourth-order valence-corrected chi connectivity index (χ4v) is 4.45. The molecule has 0 spiro atoms. The molecule has 3 heterocycles. The summed E-state index contributed by atoms with van der Waals surface area (Å²) in [5, 5.41) is 14.1. The highest BCUT2D eigenvalue weighted by molar-refractivity contribution is 7.10. The summed E-state index contributed by atoms with van der Waals surface area (Å²) < 4.78 is 11.6. The number of furan rings is 1. The van der Waals surface area contributed by atoms with Gasteiger partial charge in [0.15, 0.2) is 11.3 Å². The van der Waals surface area contributed by atoms with E-state index in [1.165, 1.54) is 11.3 Å². The van der Waals surface area contributed by atoms with Crippen LogP contribution in [-0.2, 0) is 5.79 Å². The van der Waals surface area contributed by atoms with Gasteiger partial charge in [-0.15, -0.1) is 11.3 Å². The number of hydrogen-bond donors (Lipinski definition) is 1. The minimum atomic E-state index is -1.73. The molecule has 0 aliphatic carbocycles. The molecule has 2 aromatic heterocycles. The molecule has 5 rings (SSSR count). The van der Waals surface area contributed by atoms with Gasteiger partial charge in [-0.1, -0.05) is 30.3 Å². The largest absolute Gasteiger partial charge is 0.460 e. The summed E-state index contributed by atoms with van der Waals surface area (Å²) in [5.74, 6) is -2.07. The minimum Gasteiger partial charge on any atom is -0.460 e. The van der Waals surface area contributed by atoms with E-state index in [4.69, 9.17) is 9.15 Å². The Kier molecular flexibility index (Phi) is 4.42. The van der Waals surface area contributed by atoms with Crippen molar-refractivity contribution < 1.29 is 23.8 Å². The number of hydrogen-bond acceptors (Lipinski definition) is 6. The first kappa shape index (κ1) is 18.6. The maximum atomic E-state index is 12.7. The third kappa shape index (κ3) is 2.99. The lowest BCUT2D eigenvalue weighted by Gasteiger charge is -2.29. The van der Waals surface area contributed by atoms with Crippen LogP contribution in [0.5, 0.6) is 5.75 Å². The lowest BCUT2D eigenvalue weighted by atomic mass is 10.1. The molecule has 150 valence electrons. The van der Waals surface area contributed by atoms with Crippen LogP contribution in [0.4, 0.5) is 0 Å². The van der Waals surface area contributed by atoms with Crippen LogP contribution >= 0.6 is 11.3 Å². The van der Waals surface area contributed by atoms with Crippen LogP contribution in [0, 0.1) is 0 Å². The number of benzene rings is 2. The minimum absolute atomic E-state index is 0.00881. The molecule has 2 aromatic carbocycles. The molecule has 0 saturated carbocycles. The van der Waals surface area contributed by atoms with Gasteiger partial charge in [0.25, 0.3) is 11.8 Å². The average molecular weight is 419 g/mol. The molecule has 0 bridgehead atoms. The van der Waals surface area contributed by atoms with Crippen LogP contribution < -0.4 is 4.74 Å². The Morgan fingerprint density at radius 3 is 2.43 bits per heavy atom. The second-order valence-electron chi connectivity index (χ2n) is 7.02. The number of carbonyl (C=O) groups is 2. The normalized spacial score (nSPS) is 15.4. The van der Waals surface area contributed by atoms with Crippen molar-refractivity contribution in [2.45, 2.75) is 12.2 Å². The Morgan fingerprint density at radius 2 is 1.73 bits per heavy atom. The molecule has 30 heavy (non-hydrogen) atoms. The van der Waals surface area contributed by atoms with Crippen molar-refractivity contribution in [3.05, 3.63) is 88.3 Å². The SMILES string of the molecule is O=C1c2ccccc2C(=O)N1CCC(O)(Oc1cccc2ccoc12)c1cccs1. The molecule has 6 nitrogen and oxygen atoms in total. The molecule has 7 heteroatoms. The first-order valence-electron chi connectivity index (χ1n) is 9.44.